The van der Waals surface area contributed by atoms with Crippen LogP contribution < -0.4 is 4.72 Å². The minimum Gasteiger partial charge on any atom is -0.356 e. The molecular weight excluding hydrogens is 372 g/mol. The summed E-state index contributed by atoms with van der Waals surface area (Å²) in [5.74, 6) is 0.567. The third-order valence-corrected chi connectivity index (χ3v) is 6.08. The maximum Gasteiger partial charge on any atom is 0.262 e. The Balaban J connectivity index is 2.06. The lowest BCUT2D eigenvalue weighted by atomic mass is 10.1. The van der Waals surface area contributed by atoms with Crippen molar-refractivity contribution in [1.29, 1.82) is 0 Å². The largest absolute Gasteiger partial charge is 0.356 e. The van der Waals surface area contributed by atoms with Crippen molar-refractivity contribution in [3.8, 4) is 11.3 Å². The van der Waals surface area contributed by atoms with Gasteiger partial charge in [0.2, 0.25) is 0 Å². The van der Waals surface area contributed by atoms with Crippen molar-refractivity contribution >= 4 is 27.3 Å². The Kier molecular flexibility index (Phi) is 4.82. The standard InChI is InChI=1S/C19H19ClN2O3S/c1-11-6-8-16(20)10-17(11)22-26(23,24)18-9-15(7-5-12(18)2)19-13(3)14(4)21-25-19/h5-10,22H,1-4H3. The van der Waals surface area contributed by atoms with Gasteiger partial charge >= 0.3 is 0 Å². The van der Waals surface area contributed by atoms with E-state index in [1.807, 2.05) is 26.8 Å². The summed E-state index contributed by atoms with van der Waals surface area (Å²) < 4.78 is 33.9. The third-order valence-electron chi connectivity index (χ3n) is 4.34. The second-order valence-corrected chi connectivity index (χ2v) is 8.35. The lowest BCUT2D eigenvalue weighted by Crippen LogP contribution is -2.15. The number of benzene rings is 2. The smallest absolute Gasteiger partial charge is 0.262 e. The van der Waals surface area contributed by atoms with Crippen LogP contribution >= 0.6 is 11.6 Å². The summed E-state index contributed by atoms with van der Waals surface area (Å²) in [6.07, 6.45) is 0. The maximum absolute atomic E-state index is 13.0. The number of aryl methyl sites for hydroxylation is 3. The van der Waals surface area contributed by atoms with Crippen molar-refractivity contribution in [1.82, 2.24) is 5.16 Å². The van der Waals surface area contributed by atoms with Gasteiger partial charge in [-0.1, -0.05) is 35.0 Å². The molecule has 0 unspecified atom stereocenters. The van der Waals surface area contributed by atoms with Crippen LogP contribution in [0.3, 0.4) is 0 Å². The highest BCUT2D eigenvalue weighted by Gasteiger charge is 2.21. The molecule has 0 aliphatic carbocycles. The first kappa shape index (κ1) is 18.5. The molecule has 0 saturated heterocycles. The molecule has 0 aliphatic rings. The first-order valence-electron chi connectivity index (χ1n) is 8.02. The lowest BCUT2D eigenvalue weighted by Gasteiger charge is -2.13. The zero-order valence-corrected chi connectivity index (χ0v) is 16.5. The molecule has 5 nitrogen and oxygen atoms in total. The Morgan fingerprint density at radius 3 is 2.35 bits per heavy atom. The minimum atomic E-state index is -3.79. The molecule has 2 aromatic carbocycles. The summed E-state index contributed by atoms with van der Waals surface area (Å²) in [6, 6.07) is 10.3. The van der Waals surface area contributed by atoms with Gasteiger partial charge in [-0.2, -0.15) is 0 Å². The normalized spacial score (nSPS) is 11.6. The average Bonchev–Trinajstić information content (AvgIpc) is 2.90. The van der Waals surface area contributed by atoms with Crippen LogP contribution in [0.1, 0.15) is 22.4 Å². The minimum absolute atomic E-state index is 0.183. The predicted molar refractivity (Wildman–Crippen MR) is 103 cm³/mol. The Morgan fingerprint density at radius 1 is 1.00 bits per heavy atom. The van der Waals surface area contributed by atoms with Gasteiger partial charge in [-0.25, -0.2) is 8.42 Å². The number of sulfonamides is 1. The molecule has 0 amide bonds. The van der Waals surface area contributed by atoms with E-state index >= 15 is 0 Å². The van der Waals surface area contributed by atoms with E-state index in [-0.39, 0.29) is 4.90 Å². The molecule has 1 N–H and O–H groups in total. The van der Waals surface area contributed by atoms with E-state index in [9.17, 15) is 8.42 Å². The molecular formula is C19H19ClN2O3S. The molecule has 0 spiro atoms. The number of halogens is 1. The van der Waals surface area contributed by atoms with Gasteiger partial charge in [-0.3, -0.25) is 4.72 Å². The molecule has 0 saturated carbocycles. The zero-order valence-electron chi connectivity index (χ0n) is 14.9. The number of hydrogen-bond acceptors (Lipinski definition) is 4. The van der Waals surface area contributed by atoms with Crippen LogP contribution in [0.5, 0.6) is 0 Å². The molecule has 7 heteroatoms. The van der Waals surface area contributed by atoms with Gasteiger partial charge in [0.1, 0.15) is 0 Å². The summed E-state index contributed by atoms with van der Waals surface area (Å²) in [5, 5.41) is 4.41. The Bertz CT molecular complexity index is 1090. The molecule has 26 heavy (non-hydrogen) atoms. The number of aromatic nitrogens is 1. The van der Waals surface area contributed by atoms with Gasteiger partial charge in [-0.15, -0.1) is 0 Å². The maximum atomic E-state index is 13.0. The molecule has 0 bridgehead atoms. The molecule has 0 fully saturated rings. The summed E-state index contributed by atoms with van der Waals surface area (Å²) in [5.41, 5.74) is 4.20. The number of hydrogen-bond donors (Lipinski definition) is 1. The molecule has 0 aliphatic heterocycles. The number of nitrogens with one attached hydrogen (secondary N) is 1. The van der Waals surface area contributed by atoms with Gasteiger partial charge in [0.05, 0.1) is 16.3 Å². The molecule has 0 radical (unpaired) electrons. The van der Waals surface area contributed by atoms with E-state index in [4.69, 9.17) is 16.1 Å². The monoisotopic (exact) mass is 390 g/mol. The summed E-state index contributed by atoms with van der Waals surface area (Å²) in [7, 11) is -3.79. The van der Waals surface area contributed by atoms with Crippen molar-refractivity contribution in [3.05, 3.63) is 63.8 Å². The van der Waals surface area contributed by atoms with E-state index < -0.39 is 10.0 Å². The Morgan fingerprint density at radius 2 is 1.69 bits per heavy atom. The molecule has 1 aromatic heterocycles. The Labute approximate surface area is 158 Å². The second-order valence-electron chi connectivity index (χ2n) is 6.27. The van der Waals surface area contributed by atoms with E-state index in [0.29, 0.717) is 27.6 Å². The molecule has 3 aromatic rings. The van der Waals surface area contributed by atoms with Crippen molar-refractivity contribution in [2.75, 3.05) is 4.72 Å². The van der Waals surface area contributed by atoms with Crippen LogP contribution in [0.15, 0.2) is 45.8 Å². The SMILES string of the molecule is Cc1ccc(Cl)cc1NS(=O)(=O)c1cc(-c2onc(C)c2C)ccc1C. The summed E-state index contributed by atoms with van der Waals surface area (Å²) in [6.45, 7) is 7.31. The third kappa shape index (κ3) is 3.48. The van der Waals surface area contributed by atoms with Crippen LogP contribution in [0.4, 0.5) is 5.69 Å². The average molecular weight is 391 g/mol. The van der Waals surface area contributed by atoms with Gasteiger partial charge in [0.25, 0.3) is 10.0 Å². The van der Waals surface area contributed by atoms with Crippen LogP contribution in [0.2, 0.25) is 5.02 Å². The van der Waals surface area contributed by atoms with Gasteiger partial charge < -0.3 is 4.52 Å². The zero-order chi connectivity index (χ0) is 19.1. The molecule has 3 rings (SSSR count). The van der Waals surface area contributed by atoms with Crippen molar-refractivity contribution in [3.63, 3.8) is 0 Å². The van der Waals surface area contributed by atoms with E-state index in [2.05, 4.69) is 9.88 Å². The predicted octanol–water partition coefficient (Wildman–Crippen LogP) is 5.03. The topological polar surface area (TPSA) is 72.2 Å². The van der Waals surface area contributed by atoms with Gasteiger partial charge in [0, 0.05) is 16.1 Å². The fraction of sp³-hybridized carbons (Fsp3) is 0.211. The second kappa shape index (κ2) is 6.78. The highest BCUT2D eigenvalue weighted by atomic mass is 35.5. The van der Waals surface area contributed by atoms with Crippen LogP contribution in [-0.4, -0.2) is 13.6 Å². The van der Waals surface area contributed by atoms with Crippen molar-refractivity contribution in [2.45, 2.75) is 32.6 Å². The number of nitrogens with zero attached hydrogens (tertiary/aromatic N) is 1. The highest BCUT2D eigenvalue weighted by Crippen LogP contribution is 2.30. The highest BCUT2D eigenvalue weighted by molar-refractivity contribution is 7.92. The molecule has 136 valence electrons. The number of rotatable bonds is 4. The first-order chi connectivity index (χ1) is 12.2. The van der Waals surface area contributed by atoms with E-state index in [1.165, 1.54) is 0 Å². The van der Waals surface area contributed by atoms with Crippen molar-refractivity contribution in [2.24, 2.45) is 0 Å². The first-order valence-corrected chi connectivity index (χ1v) is 9.88. The van der Waals surface area contributed by atoms with Gasteiger partial charge in [-0.05, 0) is 57.0 Å². The lowest BCUT2D eigenvalue weighted by molar-refractivity contribution is 0.427. The van der Waals surface area contributed by atoms with Gasteiger partial charge in [0.15, 0.2) is 5.76 Å². The van der Waals surface area contributed by atoms with Crippen molar-refractivity contribution < 1.29 is 12.9 Å². The van der Waals surface area contributed by atoms with Crippen LogP contribution in [-0.2, 0) is 10.0 Å². The fourth-order valence-electron chi connectivity index (χ4n) is 2.62. The van der Waals surface area contributed by atoms with E-state index in [1.54, 1.807) is 37.3 Å². The molecule has 1 heterocycles. The fourth-order valence-corrected chi connectivity index (χ4v) is 4.18. The Hall–Kier alpha value is -2.31. The quantitative estimate of drug-likeness (QED) is 0.678. The molecule has 0 atom stereocenters. The number of anilines is 1. The summed E-state index contributed by atoms with van der Waals surface area (Å²) >= 11 is 5.99. The summed E-state index contributed by atoms with van der Waals surface area (Å²) in [4.78, 5) is 0.183. The van der Waals surface area contributed by atoms with Crippen LogP contribution in [0, 0.1) is 27.7 Å². The van der Waals surface area contributed by atoms with Crippen LogP contribution in [0.25, 0.3) is 11.3 Å². The van der Waals surface area contributed by atoms with E-state index in [0.717, 1.165) is 16.8 Å².